The summed E-state index contributed by atoms with van der Waals surface area (Å²) in [4.78, 5) is 13.4. The normalized spacial score (nSPS) is 14.2. The predicted octanol–water partition coefficient (Wildman–Crippen LogP) is 3.92. The van der Waals surface area contributed by atoms with E-state index in [2.05, 4.69) is 5.32 Å². The van der Waals surface area contributed by atoms with Crippen molar-refractivity contribution in [2.24, 2.45) is 13.0 Å². The van der Waals surface area contributed by atoms with E-state index in [1.807, 2.05) is 13.0 Å². The molecule has 1 N–H and O–H groups in total. The van der Waals surface area contributed by atoms with Crippen molar-refractivity contribution in [3.05, 3.63) is 82.4 Å². The first kappa shape index (κ1) is 25.3. The van der Waals surface area contributed by atoms with Crippen LogP contribution in [0.15, 0.2) is 70.6 Å². The molecule has 194 valence electrons. The Bertz CT molecular complexity index is 1780. The lowest BCUT2D eigenvalue weighted by molar-refractivity contribution is 0.588. The molecule has 8 nitrogen and oxygen atoms in total. The van der Waals surface area contributed by atoms with Gasteiger partial charge >= 0.3 is 0 Å². The second-order valence-corrected chi connectivity index (χ2v) is 13.9. The predicted molar refractivity (Wildman–Crippen MR) is 146 cm³/mol. The molecule has 0 aliphatic heterocycles. The van der Waals surface area contributed by atoms with Gasteiger partial charge in [-0.1, -0.05) is 23.8 Å². The minimum Gasteiger partial charge on any atom is -0.384 e. The van der Waals surface area contributed by atoms with Gasteiger partial charge in [-0.3, -0.25) is 4.79 Å². The molecule has 10 heteroatoms. The SMILES string of the molecule is Cc1ccc(S(=O)(=O)n2ccc3c(-c4cc(CS(C)(=O)=O)ccc4NCC4CC4)cn(C)c(=O)c32)cc1. The highest BCUT2D eigenvalue weighted by molar-refractivity contribution is 7.90. The van der Waals surface area contributed by atoms with Crippen LogP contribution in [-0.4, -0.2) is 38.2 Å². The van der Waals surface area contributed by atoms with Crippen LogP contribution in [0.5, 0.6) is 0 Å². The number of fused-ring (bicyclic) bond motifs is 1. The second-order valence-electron chi connectivity index (χ2n) is 9.93. The van der Waals surface area contributed by atoms with E-state index in [-0.39, 0.29) is 16.2 Å². The summed E-state index contributed by atoms with van der Waals surface area (Å²) < 4.78 is 53.5. The third-order valence-corrected chi connectivity index (χ3v) is 9.19. The van der Waals surface area contributed by atoms with Gasteiger partial charge in [0.2, 0.25) is 0 Å². The van der Waals surface area contributed by atoms with Gasteiger partial charge in [-0.15, -0.1) is 0 Å². The summed E-state index contributed by atoms with van der Waals surface area (Å²) in [7, 11) is -5.71. The largest absolute Gasteiger partial charge is 0.384 e. The smallest absolute Gasteiger partial charge is 0.275 e. The number of nitrogens with zero attached hydrogens (tertiary/aromatic N) is 2. The van der Waals surface area contributed by atoms with Crippen molar-refractivity contribution in [1.82, 2.24) is 8.54 Å². The lowest BCUT2D eigenvalue weighted by Gasteiger charge is -2.16. The van der Waals surface area contributed by atoms with Crippen LogP contribution < -0.4 is 10.9 Å². The van der Waals surface area contributed by atoms with Crippen LogP contribution in [-0.2, 0) is 32.7 Å². The molecule has 5 rings (SSSR count). The standard InChI is InChI=1S/C27H29N3O5S2/c1-18-4-9-21(10-5-18)37(34,35)30-13-12-22-24(16-29(2)27(31)26(22)30)23-14-20(17-36(3,32)33)8-11-25(23)28-15-19-6-7-19/h4-5,8-14,16,19,28H,6-7,15,17H2,1-3H3. The Kier molecular flexibility index (Phi) is 6.27. The molecule has 1 saturated carbocycles. The first-order valence-corrected chi connectivity index (χ1v) is 15.5. The quantitative estimate of drug-likeness (QED) is 0.364. The monoisotopic (exact) mass is 539 g/mol. The molecule has 0 bridgehead atoms. The lowest BCUT2D eigenvalue weighted by Crippen LogP contribution is -2.22. The Morgan fingerprint density at radius 2 is 1.68 bits per heavy atom. The Balaban J connectivity index is 1.72. The van der Waals surface area contributed by atoms with Crippen molar-refractivity contribution < 1.29 is 16.8 Å². The number of rotatable bonds is 8. The summed E-state index contributed by atoms with van der Waals surface area (Å²) in [5, 5.41) is 3.95. The molecule has 0 unspecified atom stereocenters. The van der Waals surface area contributed by atoms with E-state index < -0.39 is 25.4 Å². The highest BCUT2D eigenvalue weighted by Gasteiger charge is 2.25. The number of sulfone groups is 1. The number of benzene rings is 2. The minimum atomic E-state index is -4.02. The van der Waals surface area contributed by atoms with E-state index in [1.54, 1.807) is 43.6 Å². The zero-order valence-corrected chi connectivity index (χ0v) is 22.6. The number of pyridine rings is 1. The molecule has 2 heterocycles. The van der Waals surface area contributed by atoms with Crippen LogP contribution >= 0.6 is 0 Å². The summed E-state index contributed by atoms with van der Waals surface area (Å²) in [6, 6.07) is 13.6. The van der Waals surface area contributed by atoms with Gasteiger partial charge in [0.15, 0.2) is 9.84 Å². The molecule has 0 amide bonds. The number of anilines is 1. The number of nitrogens with one attached hydrogen (secondary N) is 1. The molecule has 0 saturated heterocycles. The Morgan fingerprint density at radius 1 is 0.973 bits per heavy atom. The van der Waals surface area contributed by atoms with E-state index in [9.17, 15) is 21.6 Å². The van der Waals surface area contributed by atoms with Crippen molar-refractivity contribution >= 4 is 36.5 Å². The third-order valence-electron chi connectivity index (χ3n) is 6.65. The van der Waals surface area contributed by atoms with E-state index in [0.29, 0.717) is 28.0 Å². The first-order chi connectivity index (χ1) is 17.4. The van der Waals surface area contributed by atoms with Crippen LogP contribution in [0.1, 0.15) is 24.0 Å². The van der Waals surface area contributed by atoms with Crippen molar-refractivity contribution in [2.45, 2.75) is 30.4 Å². The zero-order valence-electron chi connectivity index (χ0n) is 20.9. The van der Waals surface area contributed by atoms with Crippen molar-refractivity contribution in [3.8, 4) is 11.1 Å². The number of aromatic nitrogens is 2. The first-order valence-electron chi connectivity index (χ1n) is 12.0. The molecule has 0 radical (unpaired) electrons. The highest BCUT2D eigenvalue weighted by atomic mass is 32.2. The van der Waals surface area contributed by atoms with Gasteiger partial charge in [0.25, 0.3) is 15.6 Å². The molecule has 0 atom stereocenters. The maximum atomic E-state index is 13.5. The van der Waals surface area contributed by atoms with E-state index in [4.69, 9.17) is 0 Å². The van der Waals surface area contributed by atoms with Gasteiger partial charge in [-0.25, -0.2) is 20.8 Å². The second kappa shape index (κ2) is 9.18. The van der Waals surface area contributed by atoms with Gasteiger partial charge < -0.3 is 9.88 Å². The molecule has 4 aromatic rings. The fourth-order valence-corrected chi connectivity index (χ4v) is 6.64. The topological polar surface area (TPSA) is 107 Å². The van der Waals surface area contributed by atoms with Gasteiger partial charge in [0.1, 0.15) is 5.52 Å². The average molecular weight is 540 g/mol. The van der Waals surface area contributed by atoms with Crippen LogP contribution in [0.3, 0.4) is 0 Å². The van der Waals surface area contributed by atoms with Crippen molar-refractivity contribution in [2.75, 3.05) is 18.1 Å². The Morgan fingerprint density at radius 3 is 2.32 bits per heavy atom. The third kappa shape index (κ3) is 5.08. The molecule has 2 aromatic carbocycles. The fraction of sp³-hybridized carbons (Fsp3) is 0.296. The maximum Gasteiger partial charge on any atom is 0.275 e. The van der Waals surface area contributed by atoms with Crippen LogP contribution in [0, 0.1) is 12.8 Å². The van der Waals surface area contributed by atoms with Gasteiger partial charge in [-0.2, -0.15) is 0 Å². The molecule has 0 spiro atoms. The molecule has 1 fully saturated rings. The summed E-state index contributed by atoms with van der Waals surface area (Å²) in [5.41, 5.74) is 3.30. The summed E-state index contributed by atoms with van der Waals surface area (Å²) >= 11 is 0. The Labute approximate surface area is 216 Å². The van der Waals surface area contributed by atoms with E-state index in [1.165, 1.54) is 29.2 Å². The maximum absolute atomic E-state index is 13.5. The van der Waals surface area contributed by atoms with Gasteiger partial charge in [-0.05, 0) is 61.6 Å². The number of hydrogen-bond acceptors (Lipinski definition) is 6. The summed E-state index contributed by atoms with van der Waals surface area (Å²) in [6.07, 6.45) is 6.60. The Hall–Kier alpha value is -3.37. The molecule has 1 aliphatic rings. The summed E-state index contributed by atoms with van der Waals surface area (Å²) in [5.74, 6) is 0.477. The zero-order chi connectivity index (χ0) is 26.5. The molecular formula is C27H29N3O5S2. The van der Waals surface area contributed by atoms with Crippen molar-refractivity contribution in [1.29, 1.82) is 0 Å². The fourth-order valence-electron chi connectivity index (χ4n) is 4.51. The van der Waals surface area contributed by atoms with Crippen LogP contribution in [0.2, 0.25) is 0 Å². The van der Waals surface area contributed by atoms with E-state index >= 15 is 0 Å². The van der Waals surface area contributed by atoms with E-state index in [0.717, 1.165) is 34.6 Å². The van der Waals surface area contributed by atoms with Crippen molar-refractivity contribution in [3.63, 3.8) is 0 Å². The van der Waals surface area contributed by atoms with Gasteiger partial charge in [0.05, 0.1) is 10.6 Å². The molecule has 1 aliphatic carbocycles. The molecular weight excluding hydrogens is 510 g/mol. The number of hydrogen-bond donors (Lipinski definition) is 1. The van der Waals surface area contributed by atoms with Crippen LogP contribution in [0.25, 0.3) is 22.0 Å². The van der Waals surface area contributed by atoms with Gasteiger partial charge in [0, 0.05) is 54.4 Å². The minimum absolute atomic E-state index is 0.0437. The lowest BCUT2D eigenvalue weighted by atomic mass is 9.99. The highest BCUT2D eigenvalue weighted by Crippen LogP contribution is 2.36. The average Bonchev–Trinajstić information content (AvgIpc) is 3.54. The number of aryl methyl sites for hydroxylation is 2. The summed E-state index contributed by atoms with van der Waals surface area (Å²) in [6.45, 7) is 2.66. The molecule has 2 aromatic heterocycles. The molecule has 37 heavy (non-hydrogen) atoms. The van der Waals surface area contributed by atoms with Crippen LogP contribution in [0.4, 0.5) is 5.69 Å².